The molecule has 2 aromatic carbocycles. The Morgan fingerprint density at radius 1 is 0.632 bits per heavy atom. The Morgan fingerprint density at radius 3 is 1.47 bits per heavy atom. The number of benzene rings is 2. The topological polar surface area (TPSA) is 128 Å². The molecule has 2 N–H and O–H groups in total. The first-order valence-electron chi connectivity index (χ1n) is 12.2. The fourth-order valence-corrected chi connectivity index (χ4v) is 4.88. The van der Waals surface area contributed by atoms with Gasteiger partial charge in [0.2, 0.25) is 22.1 Å². The van der Waals surface area contributed by atoms with Crippen molar-refractivity contribution in [2.45, 2.75) is 38.5 Å². The highest BCUT2D eigenvalue weighted by Gasteiger charge is 2.11. The van der Waals surface area contributed by atoms with Gasteiger partial charge in [0.05, 0.1) is 26.1 Å². The molecule has 10 nitrogen and oxygen atoms in total. The van der Waals surface area contributed by atoms with Gasteiger partial charge in [-0.1, -0.05) is 59.1 Å². The molecule has 0 bridgehead atoms. The van der Waals surface area contributed by atoms with Crippen LogP contribution in [0.1, 0.15) is 35.7 Å². The number of carbonyl (C=O) groups excluding carboxylic acids is 2. The smallest absolute Gasteiger partial charge is 0.229 e. The fraction of sp³-hybridized carbons (Fsp3) is 0.308. The Kier molecular flexibility index (Phi) is 10.5. The molecule has 2 aromatic heterocycles. The maximum Gasteiger partial charge on any atom is 0.229 e. The van der Waals surface area contributed by atoms with Gasteiger partial charge in [-0.3, -0.25) is 9.59 Å². The minimum Gasteiger partial charge on any atom is -0.493 e. The van der Waals surface area contributed by atoms with Gasteiger partial charge in [0.15, 0.2) is 0 Å². The van der Waals surface area contributed by atoms with E-state index < -0.39 is 0 Å². The van der Waals surface area contributed by atoms with E-state index in [4.69, 9.17) is 9.47 Å². The average Bonchev–Trinajstić information content (AvgIpc) is 3.57. The highest BCUT2D eigenvalue weighted by molar-refractivity contribution is 7.15. The third-order valence-electron chi connectivity index (χ3n) is 5.14. The number of hydrogen-bond donors (Lipinski definition) is 2. The zero-order valence-electron chi connectivity index (χ0n) is 20.7. The summed E-state index contributed by atoms with van der Waals surface area (Å²) >= 11 is 2.75. The van der Waals surface area contributed by atoms with Crippen LogP contribution >= 0.6 is 22.7 Å². The molecule has 0 radical (unpaired) electrons. The van der Waals surface area contributed by atoms with E-state index in [1.165, 1.54) is 22.7 Å². The Balaban J connectivity index is 1.07. The lowest BCUT2D eigenvalue weighted by molar-refractivity contribution is -0.117. The van der Waals surface area contributed by atoms with E-state index in [0.717, 1.165) is 47.2 Å². The number of amides is 2. The van der Waals surface area contributed by atoms with E-state index in [1.807, 2.05) is 60.7 Å². The average molecular weight is 553 g/mol. The van der Waals surface area contributed by atoms with E-state index >= 15 is 0 Å². The van der Waals surface area contributed by atoms with Crippen LogP contribution in [0, 0.1) is 0 Å². The standard InChI is InChI=1S/C26H28N6O4S2/c33-21(15-17-35-19-9-3-1-4-10-19)27-25-31-29-23(37-25)13-7-8-14-24-30-32-26(38-24)28-22(34)16-18-36-20-11-5-2-6-12-20/h1-6,9-12H,7-8,13-18H2,(H,27,31,33)(H,28,32,34). The van der Waals surface area contributed by atoms with Crippen LogP contribution in [0.2, 0.25) is 0 Å². The third-order valence-corrected chi connectivity index (χ3v) is 6.94. The molecule has 2 heterocycles. The lowest BCUT2D eigenvalue weighted by atomic mass is 10.2. The van der Waals surface area contributed by atoms with Gasteiger partial charge in [-0.15, -0.1) is 20.4 Å². The molecule has 0 aliphatic rings. The van der Waals surface area contributed by atoms with Crippen LogP contribution in [0.4, 0.5) is 10.3 Å². The Bertz CT molecular complexity index is 1180. The molecule has 0 aliphatic carbocycles. The quantitative estimate of drug-likeness (QED) is 0.202. The first kappa shape index (κ1) is 27.1. The van der Waals surface area contributed by atoms with E-state index in [0.29, 0.717) is 23.5 Å². The van der Waals surface area contributed by atoms with E-state index in [1.54, 1.807) is 0 Å². The van der Waals surface area contributed by atoms with Crippen LogP contribution in [-0.2, 0) is 22.4 Å². The largest absolute Gasteiger partial charge is 0.493 e. The molecule has 0 atom stereocenters. The fourth-order valence-electron chi connectivity index (χ4n) is 3.28. The van der Waals surface area contributed by atoms with Gasteiger partial charge in [-0.25, -0.2) is 0 Å². The number of para-hydroxylation sites is 2. The minimum absolute atomic E-state index is 0.161. The van der Waals surface area contributed by atoms with Crippen molar-refractivity contribution in [3.8, 4) is 11.5 Å². The van der Waals surface area contributed by atoms with Crippen molar-refractivity contribution in [3.05, 3.63) is 70.7 Å². The highest BCUT2D eigenvalue weighted by atomic mass is 32.1. The summed E-state index contributed by atoms with van der Waals surface area (Å²) in [5.74, 6) is 1.15. The molecule has 0 aliphatic heterocycles. The molecule has 0 fully saturated rings. The van der Waals surface area contributed by atoms with Gasteiger partial charge >= 0.3 is 0 Å². The number of carbonyl (C=O) groups is 2. The van der Waals surface area contributed by atoms with Crippen LogP contribution in [0.15, 0.2) is 60.7 Å². The molecule has 0 saturated carbocycles. The zero-order valence-corrected chi connectivity index (χ0v) is 22.3. The predicted octanol–water partition coefficient (Wildman–Crippen LogP) is 4.77. The molecule has 38 heavy (non-hydrogen) atoms. The van der Waals surface area contributed by atoms with Crippen molar-refractivity contribution in [3.63, 3.8) is 0 Å². The Labute approximate surface area is 228 Å². The number of ether oxygens (including phenoxy) is 2. The summed E-state index contributed by atoms with van der Waals surface area (Å²) in [5, 5.41) is 24.7. The first-order chi connectivity index (χ1) is 18.6. The highest BCUT2D eigenvalue weighted by Crippen LogP contribution is 2.20. The Hall–Kier alpha value is -3.90. The van der Waals surface area contributed by atoms with E-state index in [2.05, 4.69) is 31.0 Å². The van der Waals surface area contributed by atoms with Crippen LogP contribution in [-0.4, -0.2) is 45.4 Å². The molecular formula is C26H28N6O4S2. The molecule has 0 saturated heterocycles. The number of unbranched alkanes of at least 4 members (excludes halogenated alkanes) is 1. The Morgan fingerprint density at radius 2 is 1.05 bits per heavy atom. The van der Waals surface area contributed by atoms with Crippen molar-refractivity contribution in [1.82, 2.24) is 20.4 Å². The van der Waals surface area contributed by atoms with Crippen LogP contribution in [0.3, 0.4) is 0 Å². The molecular weight excluding hydrogens is 524 g/mol. The molecule has 12 heteroatoms. The van der Waals surface area contributed by atoms with E-state index in [9.17, 15) is 9.59 Å². The van der Waals surface area contributed by atoms with Crippen molar-refractivity contribution in [2.75, 3.05) is 23.8 Å². The van der Waals surface area contributed by atoms with Crippen LogP contribution in [0.25, 0.3) is 0 Å². The van der Waals surface area contributed by atoms with Gasteiger partial charge in [-0.2, -0.15) is 0 Å². The van der Waals surface area contributed by atoms with Crippen LogP contribution < -0.4 is 20.1 Å². The van der Waals surface area contributed by atoms with Crippen molar-refractivity contribution >= 4 is 44.8 Å². The normalized spacial score (nSPS) is 10.6. The molecule has 0 unspecified atom stereocenters. The summed E-state index contributed by atoms with van der Waals surface area (Å²) in [5.41, 5.74) is 0. The summed E-state index contributed by atoms with van der Waals surface area (Å²) < 4.78 is 11.1. The number of aryl methyl sites for hydroxylation is 2. The van der Waals surface area contributed by atoms with Gasteiger partial charge in [0.1, 0.15) is 21.5 Å². The van der Waals surface area contributed by atoms with Crippen LogP contribution in [0.5, 0.6) is 11.5 Å². The molecule has 2 amide bonds. The maximum atomic E-state index is 12.1. The number of nitrogens with zero attached hydrogens (tertiary/aromatic N) is 4. The summed E-state index contributed by atoms with van der Waals surface area (Å²) in [7, 11) is 0. The van der Waals surface area contributed by atoms with Gasteiger partial charge in [-0.05, 0) is 37.1 Å². The summed E-state index contributed by atoms with van der Waals surface area (Å²) in [4.78, 5) is 24.2. The molecule has 198 valence electrons. The summed E-state index contributed by atoms with van der Waals surface area (Å²) in [6.45, 7) is 0.586. The number of hydrogen-bond acceptors (Lipinski definition) is 10. The van der Waals surface area contributed by atoms with E-state index in [-0.39, 0.29) is 24.7 Å². The third kappa shape index (κ3) is 9.52. The minimum atomic E-state index is -0.161. The number of aromatic nitrogens is 4. The van der Waals surface area contributed by atoms with Gasteiger partial charge in [0, 0.05) is 12.8 Å². The van der Waals surface area contributed by atoms with Gasteiger partial charge < -0.3 is 20.1 Å². The molecule has 0 spiro atoms. The van der Waals surface area contributed by atoms with Crippen molar-refractivity contribution in [1.29, 1.82) is 0 Å². The monoisotopic (exact) mass is 552 g/mol. The lowest BCUT2D eigenvalue weighted by Crippen LogP contribution is -2.15. The van der Waals surface area contributed by atoms with Crippen molar-refractivity contribution in [2.24, 2.45) is 0 Å². The number of anilines is 2. The molecule has 4 aromatic rings. The lowest BCUT2D eigenvalue weighted by Gasteiger charge is -2.05. The van der Waals surface area contributed by atoms with Gasteiger partial charge in [0.25, 0.3) is 0 Å². The molecule has 4 rings (SSSR count). The second kappa shape index (κ2) is 14.7. The van der Waals surface area contributed by atoms with Crippen molar-refractivity contribution < 1.29 is 19.1 Å². The SMILES string of the molecule is O=C(CCOc1ccccc1)Nc1nnc(CCCCc2nnc(NC(=O)CCOc3ccccc3)s2)s1. The second-order valence-corrected chi connectivity index (χ2v) is 10.3. The first-order valence-corrected chi connectivity index (χ1v) is 13.9. The summed E-state index contributed by atoms with van der Waals surface area (Å²) in [6, 6.07) is 18.8. The summed E-state index contributed by atoms with van der Waals surface area (Å²) in [6.07, 6.45) is 3.77. The number of nitrogens with one attached hydrogen (secondary N) is 2. The zero-order chi connectivity index (χ0) is 26.4. The number of rotatable bonds is 15. The maximum absolute atomic E-state index is 12.1. The second-order valence-electron chi connectivity index (χ2n) is 8.13. The predicted molar refractivity (Wildman–Crippen MR) is 147 cm³/mol.